The first kappa shape index (κ1) is 28.8. The van der Waals surface area contributed by atoms with Crippen LogP contribution in [0.25, 0.3) is 22.2 Å². The molecule has 0 radical (unpaired) electrons. The van der Waals surface area contributed by atoms with Crippen molar-refractivity contribution in [1.82, 2.24) is 19.4 Å². The maximum absolute atomic E-state index is 13.7. The molecule has 41 heavy (non-hydrogen) atoms. The molecule has 2 amide bonds. The number of carbonyl (C=O) groups excluding carboxylic acids is 2. The molecule has 212 valence electrons. The number of hydrogen-bond donors (Lipinski definition) is 1. The number of benzene rings is 3. The zero-order valence-electron chi connectivity index (χ0n) is 22.4. The Morgan fingerprint density at radius 3 is 2.24 bits per heavy atom. The van der Waals surface area contributed by atoms with Gasteiger partial charge in [0.1, 0.15) is 6.54 Å². The van der Waals surface area contributed by atoms with Crippen molar-refractivity contribution >= 4 is 46.0 Å². The Hall–Kier alpha value is -3.76. The molecular formula is C30H29Cl2N5O4. The van der Waals surface area contributed by atoms with Gasteiger partial charge in [0.05, 0.1) is 46.5 Å². The van der Waals surface area contributed by atoms with Crippen LogP contribution in [0.4, 0.5) is 0 Å². The zero-order chi connectivity index (χ0) is 29.1. The maximum atomic E-state index is 13.7. The first-order valence-corrected chi connectivity index (χ1v) is 13.9. The summed E-state index contributed by atoms with van der Waals surface area (Å²) in [4.78, 5) is 46.0. The lowest BCUT2D eigenvalue weighted by atomic mass is 9.98. The Morgan fingerprint density at radius 1 is 1.00 bits per heavy atom. The highest BCUT2D eigenvalue weighted by atomic mass is 35.5. The number of primary amides is 1. The Kier molecular flexibility index (Phi) is 8.70. The van der Waals surface area contributed by atoms with E-state index in [9.17, 15) is 14.4 Å². The number of amides is 2. The second-order valence-electron chi connectivity index (χ2n) is 9.93. The fourth-order valence-corrected chi connectivity index (χ4v) is 5.26. The third-order valence-corrected chi connectivity index (χ3v) is 8.10. The molecule has 1 aliphatic rings. The van der Waals surface area contributed by atoms with Crippen molar-refractivity contribution in [3.8, 4) is 11.1 Å². The monoisotopic (exact) mass is 593 g/mol. The molecule has 0 bridgehead atoms. The number of nitrogens with two attached hydrogens (primary N) is 1. The summed E-state index contributed by atoms with van der Waals surface area (Å²) in [5.74, 6) is -0.713. The average Bonchev–Trinajstić information content (AvgIpc) is 2.98. The van der Waals surface area contributed by atoms with E-state index < -0.39 is 11.5 Å². The highest BCUT2D eigenvalue weighted by Gasteiger charge is 2.26. The minimum Gasteiger partial charge on any atom is -0.379 e. The largest absolute Gasteiger partial charge is 0.379 e. The molecule has 4 aromatic rings. The van der Waals surface area contributed by atoms with E-state index in [1.165, 1.54) is 10.8 Å². The van der Waals surface area contributed by atoms with Gasteiger partial charge in [0.15, 0.2) is 0 Å². The molecule has 11 heteroatoms. The van der Waals surface area contributed by atoms with Crippen LogP contribution in [0.1, 0.15) is 22.0 Å². The minimum absolute atomic E-state index is 0.184. The highest BCUT2D eigenvalue weighted by molar-refractivity contribution is 6.42. The van der Waals surface area contributed by atoms with Gasteiger partial charge in [-0.1, -0.05) is 59.6 Å². The summed E-state index contributed by atoms with van der Waals surface area (Å²) in [7, 11) is 1.75. The lowest BCUT2D eigenvalue weighted by molar-refractivity contribution is -0.133. The molecule has 0 spiro atoms. The molecular weight excluding hydrogens is 565 g/mol. The summed E-state index contributed by atoms with van der Waals surface area (Å²) in [5, 5.41) is 0.591. The number of morpholine rings is 1. The molecule has 1 unspecified atom stereocenters. The first-order chi connectivity index (χ1) is 19.7. The molecule has 0 saturated carbocycles. The van der Waals surface area contributed by atoms with Crippen LogP contribution in [0.2, 0.25) is 10.0 Å². The number of fused-ring (bicyclic) bond motifs is 1. The van der Waals surface area contributed by atoms with E-state index in [4.69, 9.17) is 33.7 Å². The SMILES string of the molecule is CN(C(=O)Cn1c(=O)cnc2cc(Cl)c(Cl)cc21)C(CN1CCOCC1)c1ccc(-c2ccc(C(N)=O)cc2)cc1. The van der Waals surface area contributed by atoms with E-state index in [1.54, 1.807) is 36.2 Å². The lowest BCUT2D eigenvalue weighted by Gasteiger charge is -2.35. The zero-order valence-corrected chi connectivity index (χ0v) is 23.9. The second-order valence-corrected chi connectivity index (χ2v) is 10.7. The molecule has 5 rings (SSSR count). The topological polar surface area (TPSA) is 111 Å². The highest BCUT2D eigenvalue weighted by Crippen LogP contribution is 2.28. The summed E-state index contributed by atoms with van der Waals surface area (Å²) in [6.45, 7) is 3.20. The third-order valence-electron chi connectivity index (χ3n) is 7.38. The number of rotatable bonds is 8. The van der Waals surface area contributed by atoms with Crippen LogP contribution in [0, 0.1) is 0 Å². The fraction of sp³-hybridized carbons (Fsp3) is 0.267. The van der Waals surface area contributed by atoms with Crippen molar-refractivity contribution in [3.05, 3.63) is 98.4 Å². The smallest absolute Gasteiger partial charge is 0.269 e. The number of halogens is 2. The molecule has 2 N–H and O–H groups in total. The van der Waals surface area contributed by atoms with Gasteiger partial charge in [0.2, 0.25) is 11.8 Å². The van der Waals surface area contributed by atoms with Crippen LogP contribution in [0.3, 0.4) is 0 Å². The third kappa shape index (κ3) is 6.44. The Morgan fingerprint density at radius 2 is 1.61 bits per heavy atom. The van der Waals surface area contributed by atoms with Crippen LogP contribution >= 0.6 is 23.2 Å². The number of hydrogen-bond acceptors (Lipinski definition) is 6. The van der Waals surface area contributed by atoms with Gasteiger partial charge < -0.3 is 15.4 Å². The van der Waals surface area contributed by atoms with Gasteiger partial charge in [0.25, 0.3) is 5.56 Å². The summed E-state index contributed by atoms with van der Waals surface area (Å²) < 4.78 is 6.89. The molecule has 1 aliphatic heterocycles. The predicted molar refractivity (Wildman–Crippen MR) is 159 cm³/mol. The molecule has 1 atom stereocenters. The van der Waals surface area contributed by atoms with Gasteiger partial charge in [-0.15, -0.1) is 0 Å². The maximum Gasteiger partial charge on any atom is 0.269 e. The van der Waals surface area contributed by atoms with Crippen LogP contribution < -0.4 is 11.3 Å². The number of likely N-dealkylation sites (N-methyl/N-ethyl adjacent to an activating group) is 1. The summed E-state index contributed by atoms with van der Waals surface area (Å²) >= 11 is 12.4. The molecule has 0 aliphatic carbocycles. The molecule has 2 heterocycles. The van der Waals surface area contributed by atoms with Gasteiger partial charge in [-0.05, 0) is 41.0 Å². The number of carbonyl (C=O) groups is 2. The van der Waals surface area contributed by atoms with E-state index in [2.05, 4.69) is 9.88 Å². The minimum atomic E-state index is -0.473. The molecule has 9 nitrogen and oxygen atoms in total. The van der Waals surface area contributed by atoms with Crippen molar-refractivity contribution in [3.63, 3.8) is 0 Å². The van der Waals surface area contributed by atoms with Crippen molar-refractivity contribution in [2.75, 3.05) is 39.9 Å². The number of ether oxygens (including phenoxy) is 1. The van der Waals surface area contributed by atoms with Crippen molar-refractivity contribution in [1.29, 1.82) is 0 Å². The molecule has 3 aromatic carbocycles. The van der Waals surface area contributed by atoms with Crippen molar-refractivity contribution < 1.29 is 14.3 Å². The Bertz CT molecular complexity index is 1630. The van der Waals surface area contributed by atoms with E-state index in [0.29, 0.717) is 41.4 Å². The van der Waals surface area contributed by atoms with Gasteiger partial charge in [-0.3, -0.25) is 23.9 Å². The van der Waals surface area contributed by atoms with Gasteiger partial charge >= 0.3 is 0 Å². The average molecular weight is 594 g/mol. The van der Waals surface area contributed by atoms with E-state index in [-0.39, 0.29) is 23.5 Å². The van der Waals surface area contributed by atoms with Gasteiger partial charge in [0, 0.05) is 32.2 Å². The van der Waals surface area contributed by atoms with Crippen LogP contribution in [0.15, 0.2) is 71.7 Å². The molecule has 1 aromatic heterocycles. The molecule has 1 saturated heterocycles. The van der Waals surface area contributed by atoms with Gasteiger partial charge in [-0.2, -0.15) is 0 Å². The van der Waals surface area contributed by atoms with Crippen LogP contribution in [-0.4, -0.2) is 71.1 Å². The summed E-state index contributed by atoms with van der Waals surface area (Å²) in [6.07, 6.45) is 1.18. The van der Waals surface area contributed by atoms with E-state index in [1.807, 2.05) is 36.4 Å². The first-order valence-electron chi connectivity index (χ1n) is 13.1. The van der Waals surface area contributed by atoms with Crippen molar-refractivity contribution in [2.45, 2.75) is 12.6 Å². The van der Waals surface area contributed by atoms with E-state index in [0.717, 1.165) is 29.8 Å². The van der Waals surface area contributed by atoms with Gasteiger partial charge in [-0.25, -0.2) is 4.98 Å². The fourth-order valence-electron chi connectivity index (χ4n) is 4.95. The lowest BCUT2D eigenvalue weighted by Crippen LogP contribution is -2.45. The Labute approximate surface area is 247 Å². The number of nitrogens with zero attached hydrogens (tertiary/aromatic N) is 4. The summed E-state index contributed by atoms with van der Waals surface area (Å²) in [5.41, 5.74) is 9.17. The Balaban J connectivity index is 1.43. The quantitative estimate of drug-likeness (QED) is 0.330. The molecule has 1 fully saturated rings. The number of aromatic nitrogens is 2. The predicted octanol–water partition coefficient (Wildman–Crippen LogP) is 4.00. The van der Waals surface area contributed by atoms with E-state index >= 15 is 0 Å². The van der Waals surface area contributed by atoms with Crippen LogP contribution in [-0.2, 0) is 16.1 Å². The second kappa shape index (κ2) is 12.4. The van der Waals surface area contributed by atoms with Crippen molar-refractivity contribution in [2.24, 2.45) is 5.73 Å². The van der Waals surface area contributed by atoms with Crippen LogP contribution in [0.5, 0.6) is 0 Å². The standard InChI is InChI=1S/C30H29Cl2N5O4/c1-35(29(39)18-37-26-15-24(32)23(31)14-25(26)34-16-28(37)38)27(17-36-10-12-41-13-11-36)21-6-2-19(3-7-21)20-4-8-22(9-5-20)30(33)40/h2-9,14-16,27H,10-13,17-18H2,1H3,(H2,33,40). The normalized spacial score (nSPS) is 14.6. The summed E-state index contributed by atoms with van der Waals surface area (Å²) in [6, 6.07) is 17.9.